The van der Waals surface area contributed by atoms with E-state index in [1.165, 1.54) is 0 Å². The average Bonchev–Trinajstić information content (AvgIpc) is 3.24. The van der Waals surface area contributed by atoms with Crippen molar-refractivity contribution in [3.63, 3.8) is 0 Å². The van der Waals surface area contributed by atoms with Crippen molar-refractivity contribution >= 4 is 17.5 Å². The molecule has 0 bridgehead atoms. The molecule has 1 fully saturated rings. The van der Waals surface area contributed by atoms with Gasteiger partial charge in [0.15, 0.2) is 0 Å². The van der Waals surface area contributed by atoms with Gasteiger partial charge in [-0.1, -0.05) is 12.1 Å². The van der Waals surface area contributed by atoms with Crippen LogP contribution >= 0.6 is 0 Å². The third-order valence-electron chi connectivity index (χ3n) is 3.93. The Bertz CT molecular complexity index is 542. The average molecular weight is 290 g/mol. The first-order valence-electron chi connectivity index (χ1n) is 7.18. The van der Waals surface area contributed by atoms with Crippen molar-refractivity contribution in [2.24, 2.45) is 11.8 Å². The zero-order valence-corrected chi connectivity index (χ0v) is 12.7. The lowest BCUT2D eigenvalue weighted by Gasteiger charge is -2.10. The first-order chi connectivity index (χ1) is 10.0. The minimum atomic E-state index is -0.215. The summed E-state index contributed by atoms with van der Waals surface area (Å²) in [4.78, 5) is 24.0. The molecule has 2 rings (SSSR count). The molecule has 21 heavy (non-hydrogen) atoms. The fourth-order valence-electron chi connectivity index (χ4n) is 2.29. The maximum absolute atomic E-state index is 12.2. The molecular weight excluding hydrogens is 268 g/mol. The summed E-state index contributed by atoms with van der Waals surface area (Å²) in [5.74, 6) is -0.553. The predicted octanol–water partition coefficient (Wildman–Crippen LogP) is 1.64. The summed E-state index contributed by atoms with van der Waals surface area (Å²) in [6.07, 6.45) is 0.621. The van der Waals surface area contributed by atoms with Crippen molar-refractivity contribution in [1.29, 1.82) is 0 Å². The number of carbonyl (C=O) groups is 2. The first kappa shape index (κ1) is 15.5. The molecule has 1 aromatic carbocycles. The smallest absolute Gasteiger partial charge is 0.228 e. The van der Waals surface area contributed by atoms with Gasteiger partial charge in [0.2, 0.25) is 11.8 Å². The van der Waals surface area contributed by atoms with Crippen LogP contribution < -0.4 is 10.6 Å². The Balaban J connectivity index is 1.86. The van der Waals surface area contributed by atoms with Gasteiger partial charge in [0.1, 0.15) is 0 Å². The van der Waals surface area contributed by atoms with Crippen LogP contribution in [0.15, 0.2) is 18.2 Å². The molecule has 2 amide bonds. The van der Waals surface area contributed by atoms with E-state index in [2.05, 4.69) is 10.6 Å². The van der Waals surface area contributed by atoms with Crippen molar-refractivity contribution in [1.82, 2.24) is 5.32 Å². The van der Waals surface area contributed by atoms with Gasteiger partial charge in [-0.2, -0.15) is 0 Å². The number of rotatable bonds is 6. The summed E-state index contributed by atoms with van der Waals surface area (Å²) in [7, 11) is 1.59. The van der Waals surface area contributed by atoms with E-state index in [0.29, 0.717) is 19.6 Å². The second-order valence-corrected chi connectivity index (χ2v) is 5.47. The van der Waals surface area contributed by atoms with Gasteiger partial charge in [-0.05, 0) is 37.5 Å². The second kappa shape index (κ2) is 6.72. The number of amides is 2. The Morgan fingerprint density at radius 3 is 2.67 bits per heavy atom. The molecule has 114 valence electrons. The maximum Gasteiger partial charge on any atom is 0.228 e. The van der Waals surface area contributed by atoms with Gasteiger partial charge in [0.25, 0.3) is 0 Å². The van der Waals surface area contributed by atoms with Crippen LogP contribution in [0.5, 0.6) is 0 Å². The van der Waals surface area contributed by atoms with Crippen LogP contribution in [0, 0.1) is 25.7 Å². The van der Waals surface area contributed by atoms with Gasteiger partial charge >= 0.3 is 0 Å². The molecule has 2 N–H and O–H groups in total. The van der Waals surface area contributed by atoms with Crippen LogP contribution in [0.3, 0.4) is 0 Å². The van der Waals surface area contributed by atoms with E-state index < -0.39 is 0 Å². The lowest BCUT2D eigenvalue weighted by molar-refractivity contribution is -0.125. The highest BCUT2D eigenvalue weighted by molar-refractivity contribution is 6.00. The molecule has 1 aliphatic carbocycles. The molecule has 5 nitrogen and oxygen atoms in total. The van der Waals surface area contributed by atoms with Gasteiger partial charge in [0, 0.05) is 19.3 Å². The highest BCUT2D eigenvalue weighted by atomic mass is 16.5. The molecule has 0 heterocycles. The van der Waals surface area contributed by atoms with E-state index in [1.807, 2.05) is 32.0 Å². The van der Waals surface area contributed by atoms with E-state index >= 15 is 0 Å². The molecular formula is C16H22N2O3. The number of anilines is 1. The van der Waals surface area contributed by atoms with E-state index in [0.717, 1.165) is 16.8 Å². The van der Waals surface area contributed by atoms with Crippen molar-refractivity contribution in [2.45, 2.75) is 20.3 Å². The molecule has 1 aliphatic rings. The zero-order chi connectivity index (χ0) is 15.4. The van der Waals surface area contributed by atoms with Crippen LogP contribution in [0.4, 0.5) is 5.69 Å². The molecule has 0 aliphatic heterocycles. The number of carbonyl (C=O) groups excluding carboxylic acids is 2. The van der Waals surface area contributed by atoms with Gasteiger partial charge in [-0.25, -0.2) is 0 Å². The number of benzene rings is 1. The monoisotopic (exact) mass is 290 g/mol. The second-order valence-electron chi connectivity index (χ2n) is 5.47. The summed E-state index contributed by atoms with van der Waals surface area (Å²) in [5.41, 5.74) is 3.02. The Hall–Kier alpha value is -1.88. The van der Waals surface area contributed by atoms with Gasteiger partial charge in [-0.3, -0.25) is 9.59 Å². The molecule has 0 saturated heterocycles. The quantitative estimate of drug-likeness (QED) is 0.783. The van der Waals surface area contributed by atoms with E-state index in [4.69, 9.17) is 4.74 Å². The molecule has 1 saturated carbocycles. The summed E-state index contributed by atoms with van der Waals surface area (Å²) in [5, 5.41) is 5.69. The zero-order valence-electron chi connectivity index (χ0n) is 12.7. The summed E-state index contributed by atoms with van der Waals surface area (Å²) >= 11 is 0. The van der Waals surface area contributed by atoms with E-state index in [1.54, 1.807) is 7.11 Å². The lowest BCUT2D eigenvalue weighted by Crippen LogP contribution is -2.30. The summed E-state index contributed by atoms with van der Waals surface area (Å²) < 4.78 is 4.88. The Kier molecular flexibility index (Phi) is 4.96. The van der Waals surface area contributed by atoms with Crippen LogP contribution in [0.2, 0.25) is 0 Å². The Morgan fingerprint density at radius 1 is 1.24 bits per heavy atom. The predicted molar refractivity (Wildman–Crippen MR) is 81.0 cm³/mol. The number of ether oxygens (including phenoxy) is 1. The van der Waals surface area contributed by atoms with Crippen LogP contribution in [-0.4, -0.2) is 32.1 Å². The fourth-order valence-corrected chi connectivity index (χ4v) is 2.29. The van der Waals surface area contributed by atoms with E-state index in [9.17, 15) is 9.59 Å². The van der Waals surface area contributed by atoms with Crippen molar-refractivity contribution in [3.8, 4) is 0 Å². The number of methoxy groups -OCH3 is 1. The number of aryl methyl sites for hydroxylation is 1. The minimum Gasteiger partial charge on any atom is -0.383 e. The molecule has 2 unspecified atom stereocenters. The normalized spacial score (nSPS) is 20.0. The van der Waals surface area contributed by atoms with Crippen molar-refractivity contribution < 1.29 is 14.3 Å². The molecule has 2 atom stereocenters. The Labute approximate surface area is 125 Å². The minimum absolute atomic E-state index is 0.0619. The molecule has 0 aromatic heterocycles. The van der Waals surface area contributed by atoms with Crippen LogP contribution in [0.1, 0.15) is 17.5 Å². The van der Waals surface area contributed by atoms with E-state index in [-0.39, 0.29) is 23.7 Å². The highest BCUT2D eigenvalue weighted by Gasteiger charge is 2.47. The third-order valence-corrected chi connectivity index (χ3v) is 3.93. The lowest BCUT2D eigenvalue weighted by atomic mass is 10.1. The summed E-state index contributed by atoms with van der Waals surface area (Å²) in [6, 6.07) is 5.81. The van der Waals surface area contributed by atoms with Crippen LogP contribution in [-0.2, 0) is 14.3 Å². The van der Waals surface area contributed by atoms with Crippen molar-refractivity contribution in [3.05, 3.63) is 29.3 Å². The summed E-state index contributed by atoms with van der Waals surface area (Å²) in [6.45, 7) is 4.95. The molecule has 1 aromatic rings. The largest absolute Gasteiger partial charge is 0.383 e. The topological polar surface area (TPSA) is 67.4 Å². The molecule has 5 heteroatoms. The van der Waals surface area contributed by atoms with Crippen molar-refractivity contribution in [2.75, 3.05) is 25.6 Å². The van der Waals surface area contributed by atoms with Gasteiger partial charge in [0.05, 0.1) is 18.4 Å². The molecule has 0 radical (unpaired) electrons. The third kappa shape index (κ3) is 3.82. The highest BCUT2D eigenvalue weighted by Crippen LogP contribution is 2.39. The standard InChI is InChI=1S/C16H22N2O3/c1-10-5-4-6-14(11(10)2)18-16(20)13-9-12(13)15(19)17-7-8-21-3/h4-6,12-13H,7-9H2,1-3H3,(H,17,19)(H,18,20). The fraction of sp³-hybridized carbons (Fsp3) is 0.500. The number of nitrogens with one attached hydrogen (secondary N) is 2. The van der Waals surface area contributed by atoms with Crippen LogP contribution in [0.25, 0.3) is 0 Å². The van der Waals surface area contributed by atoms with Gasteiger partial charge < -0.3 is 15.4 Å². The maximum atomic E-state index is 12.2. The molecule has 0 spiro atoms. The SMILES string of the molecule is COCCNC(=O)C1CC1C(=O)Nc1cccc(C)c1C. The van der Waals surface area contributed by atoms with Gasteiger partial charge in [-0.15, -0.1) is 0 Å². The Morgan fingerprint density at radius 2 is 1.95 bits per heavy atom. The number of hydrogen-bond acceptors (Lipinski definition) is 3. The first-order valence-corrected chi connectivity index (χ1v) is 7.18. The number of hydrogen-bond donors (Lipinski definition) is 2.